The first-order valence-electron chi connectivity index (χ1n) is 10.1. The molecule has 0 N–H and O–H groups in total. The summed E-state index contributed by atoms with van der Waals surface area (Å²) in [4.78, 5) is 0. The molecule has 3 aromatic rings. The zero-order valence-electron chi connectivity index (χ0n) is 15.9. The van der Waals surface area contributed by atoms with Crippen LogP contribution >= 0.6 is 42.4 Å². The summed E-state index contributed by atoms with van der Waals surface area (Å²) in [7, 11) is 0. The fraction of sp³-hybridized carbons (Fsp3) is 0.417. The van der Waals surface area contributed by atoms with Crippen LogP contribution in [0.2, 0.25) is 0 Å². The van der Waals surface area contributed by atoms with Crippen molar-refractivity contribution in [2.75, 3.05) is 8.86 Å². The van der Waals surface area contributed by atoms with E-state index in [2.05, 4.69) is 50.2 Å². The Morgan fingerprint density at radius 1 is 0.692 bits per heavy atom. The van der Waals surface area contributed by atoms with E-state index in [1.165, 1.54) is 58.2 Å². The number of benzene rings is 3. The molecular weight excluding hydrogens is 542 g/mol. The third-order valence-corrected chi connectivity index (χ3v) is 11.4. The van der Waals surface area contributed by atoms with Gasteiger partial charge >= 0.3 is 180 Å². The molecule has 0 saturated heterocycles. The van der Waals surface area contributed by atoms with Crippen molar-refractivity contribution in [1.29, 1.82) is 0 Å². The number of aryl methyl sites for hydroxylation is 2. The molecule has 0 atom stereocenters. The molecule has 0 spiro atoms. The molecular formula is C24H30I2. The second kappa shape index (κ2) is 8.76. The van der Waals surface area contributed by atoms with Crippen molar-refractivity contribution in [3.63, 3.8) is 0 Å². The van der Waals surface area contributed by atoms with Crippen molar-refractivity contribution >= 4 is 64.0 Å². The zero-order valence-corrected chi connectivity index (χ0v) is 20.6. The van der Waals surface area contributed by atoms with E-state index in [1.807, 2.05) is 0 Å². The third-order valence-electron chi connectivity index (χ3n) is 5.34. The Hall–Kier alpha value is -0.360. The van der Waals surface area contributed by atoms with Gasteiger partial charge in [-0.3, -0.25) is 0 Å². The summed E-state index contributed by atoms with van der Waals surface area (Å²) in [6, 6.07) is 15.0. The Kier molecular flexibility index (Phi) is 6.40. The standard InChI is InChI=1S/C24H30I2/c1-3-5-11-25-21-13-17-7-9-19-15-22(26-12-6-4-2)16-20-10-8-18(14-21)23(17)24(19)20/h7,9,13-16,25-26H,3-6,8,10-12H2,1-2H3. The van der Waals surface area contributed by atoms with Crippen LogP contribution in [0.3, 0.4) is 0 Å². The molecule has 4 rings (SSSR count). The molecule has 2 heteroatoms. The van der Waals surface area contributed by atoms with Crippen molar-refractivity contribution in [3.8, 4) is 0 Å². The van der Waals surface area contributed by atoms with Crippen LogP contribution in [0.25, 0.3) is 21.5 Å². The van der Waals surface area contributed by atoms with Gasteiger partial charge in [0, 0.05) is 0 Å². The van der Waals surface area contributed by atoms with E-state index < -0.39 is 0 Å². The Morgan fingerprint density at radius 2 is 1.15 bits per heavy atom. The minimum absolute atomic E-state index is 0.000732. The predicted molar refractivity (Wildman–Crippen MR) is 137 cm³/mol. The maximum absolute atomic E-state index is 2.58. The van der Waals surface area contributed by atoms with Crippen LogP contribution in [0.4, 0.5) is 0 Å². The number of alkyl halides is 2. The number of unbranched alkanes of at least 4 members (excludes halogenated alkanes) is 2. The summed E-state index contributed by atoms with van der Waals surface area (Å²) in [5.41, 5.74) is 3.26. The number of halogens is 2. The monoisotopic (exact) mass is 572 g/mol. The van der Waals surface area contributed by atoms with E-state index >= 15 is 0 Å². The normalized spacial score (nSPS) is 13.5. The summed E-state index contributed by atoms with van der Waals surface area (Å²) < 4.78 is 6.27. The second-order valence-electron chi connectivity index (χ2n) is 7.33. The van der Waals surface area contributed by atoms with Gasteiger partial charge in [0.2, 0.25) is 0 Å². The first-order chi connectivity index (χ1) is 12.8. The summed E-state index contributed by atoms with van der Waals surface area (Å²) >= 11 is -0.00146. The van der Waals surface area contributed by atoms with Crippen molar-refractivity contribution in [1.82, 2.24) is 0 Å². The molecule has 0 bridgehead atoms. The second-order valence-corrected chi connectivity index (χ2v) is 14.0. The molecule has 0 unspecified atom stereocenters. The van der Waals surface area contributed by atoms with Crippen LogP contribution in [0, 0.1) is 7.14 Å². The Labute approximate surface area is 178 Å². The van der Waals surface area contributed by atoms with Crippen molar-refractivity contribution in [3.05, 3.63) is 54.7 Å². The van der Waals surface area contributed by atoms with Crippen LogP contribution in [0.1, 0.15) is 50.7 Å². The Bertz CT molecular complexity index is 850. The van der Waals surface area contributed by atoms with E-state index in [1.54, 1.807) is 29.0 Å². The average Bonchev–Trinajstić information content (AvgIpc) is 2.66. The molecule has 1 aliphatic rings. The Balaban J connectivity index is 1.75. The number of rotatable bonds is 8. The summed E-state index contributed by atoms with van der Waals surface area (Å²) in [6.45, 7) is 4.62. The van der Waals surface area contributed by atoms with Gasteiger partial charge in [0.1, 0.15) is 0 Å². The molecule has 0 saturated carbocycles. The Morgan fingerprint density at radius 3 is 1.58 bits per heavy atom. The van der Waals surface area contributed by atoms with Gasteiger partial charge in [-0.05, 0) is 0 Å². The van der Waals surface area contributed by atoms with Gasteiger partial charge in [-0.2, -0.15) is 0 Å². The summed E-state index contributed by atoms with van der Waals surface area (Å²) in [5, 5.41) is 6.16. The van der Waals surface area contributed by atoms with Crippen LogP contribution in [-0.4, -0.2) is 8.86 Å². The van der Waals surface area contributed by atoms with Crippen molar-refractivity contribution < 1.29 is 0 Å². The van der Waals surface area contributed by atoms with Gasteiger partial charge in [0.05, 0.1) is 0 Å². The van der Waals surface area contributed by atoms with E-state index in [-0.39, 0.29) is 42.4 Å². The van der Waals surface area contributed by atoms with Crippen LogP contribution in [0.15, 0.2) is 36.4 Å². The van der Waals surface area contributed by atoms with E-state index in [9.17, 15) is 0 Å². The van der Waals surface area contributed by atoms with E-state index in [0.29, 0.717) is 0 Å². The van der Waals surface area contributed by atoms with E-state index in [0.717, 1.165) is 0 Å². The summed E-state index contributed by atoms with van der Waals surface area (Å²) in [6.07, 6.45) is 7.97. The molecule has 3 aromatic carbocycles. The molecule has 0 amide bonds. The molecule has 0 radical (unpaired) electrons. The molecule has 26 heavy (non-hydrogen) atoms. The number of hydrogen-bond acceptors (Lipinski definition) is 0. The molecule has 140 valence electrons. The van der Waals surface area contributed by atoms with Gasteiger partial charge in [0.25, 0.3) is 0 Å². The third kappa shape index (κ3) is 3.91. The number of hydrogen-bond donors (Lipinski definition) is 0. The molecule has 0 aromatic heterocycles. The minimum atomic E-state index is -0.000732. The fourth-order valence-electron chi connectivity index (χ4n) is 3.94. The zero-order chi connectivity index (χ0) is 17.9. The van der Waals surface area contributed by atoms with Crippen LogP contribution < -0.4 is 0 Å². The van der Waals surface area contributed by atoms with Gasteiger partial charge in [-0.15, -0.1) is 0 Å². The fourth-order valence-corrected chi connectivity index (χ4v) is 10.2. The quantitative estimate of drug-likeness (QED) is 0.114. The van der Waals surface area contributed by atoms with Gasteiger partial charge in [-0.1, -0.05) is 0 Å². The topological polar surface area (TPSA) is 0 Å². The molecule has 0 heterocycles. The molecule has 0 nitrogen and oxygen atoms in total. The van der Waals surface area contributed by atoms with E-state index in [4.69, 9.17) is 0 Å². The van der Waals surface area contributed by atoms with Gasteiger partial charge in [-0.25, -0.2) is 0 Å². The predicted octanol–water partition coefficient (Wildman–Crippen LogP) is 7.44. The van der Waals surface area contributed by atoms with Crippen LogP contribution in [0.5, 0.6) is 0 Å². The maximum atomic E-state index is 2.58. The first-order valence-corrected chi connectivity index (χ1v) is 15.7. The van der Waals surface area contributed by atoms with Gasteiger partial charge in [0.15, 0.2) is 0 Å². The molecule has 0 aliphatic heterocycles. The first kappa shape index (κ1) is 19.0. The molecule has 0 fully saturated rings. The summed E-state index contributed by atoms with van der Waals surface area (Å²) in [5.74, 6) is 0. The van der Waals surface area contributed by atoms with Gasteiger partial charge < -0.3 is 0 Å². The van der Waals surface area contributed by atoms with Crippen molar-refractivity contribution in [2.45, 2.75) is 52.4 Å². The van der Waals surface area contributed by atoms with Crippen LogP contribution in [-0.2, 0) is 12.8 Å². The average molecular weight is 572 g/mol. The molecule has 1 aliphatic carbocycles. The van der Waals surface area contributed by atoms with Crippen molar-refractivity contribution in [2.24, 2.45) is 0 Å². The SMILES string of the molecule is CCCC[IH]c1cc2c3c(ccc4cc([IH]CCCC)cc(c43)CC2)c1.